The third kappa shape index (κ3) is 3.33. The zero-order valence-electron chi connectivity index (χ0n) is 16.4. The number of aromatic nitrogens is 5. The molecular formula is C21H20N6O3. The Kier molecular flexibility index (Phi) is 4.51. The fourth-order valence-electron chi connectivity index (χ4n) is 3.77. The van der Waals surface area contributed by atoms with Crippen molar-refractivity contribution in [2.75, 3.05) is 12.3 Å². The van der Waals surface area contributed by atoms with Crippen molar-refractivity contribution in [1.82, 2.24) is 24.7 Å². The molecule has 9 nitrogen and oxygen atoms in total. The predicted octanol–water partition coefficient (Wildman–Crippen LogP) is 2.36. The lowest BCUT2D eigenvalue weighted by Crippen LogP contribution is -2.25. The minimum atomic E-state index is -0.297. The maximum absolute atomic E-state index is 12.7. The Balaban J connectivity index is 1.36. The minimum absolute atomic E-state index is 0.00676. The lowest BCUT2D eigenvalue weighted by Gasteiger charge is -2.09. The van der Waals surface area contributed by atoms with Crippen LogP contribution in [0.15, 0.2) is 51.9 Å². The van der Waals surface area contributed by atoms with Gasteiger partial charge in [-0.2, -0.15) is 9.97 Å². The van der Waals surface area contributed by atoms with Crippen LogP contribution in [-0.4, -0.2) is 31.3 Å². The van der Waals surface area contributed by atoms with Crippen LogP contribution in [0.1, 0.15) is 41.3 Å². The first kappa shape index (κ1) is 18.4. The van der Waals surface area contributed by atoms with Crippen LogP contribution in [0.5, 0.6) is 0 Å². The smallest absolute Gasteiger partial charge is 0.264 e. The van der Waals surface area contributed by atoms with Gasteiger partial charge in [0, 0.05) is 12.1 Å². The normalized spacial score (nSPS) is 18.8. The first-order valence-electron chi connectivity index (χ1n) is 9.70. The highest BCUT2D eigenvalue weighted by Crippen LogP contribution is 2.37. The molecule has 2 atom stereocenters. The summed E-state index contributed by atoms with van der Waals surface area (Å²) in [6, 6.07) is 11.6. The SMILES string of the molecule is Cc1cccc([C@H]2C[C@H](c3noc(Cn4c(N)nc5ncccc5c4=O)n3)CO2)c1. The molecule has 1 aromatic carbocycles. The molecule has 9 heteroatoms. The maximum atomic E-state index is 12.7. The van der Waals surface area contributed by atoms with Gasteiger partial charge in [-0.25, -0.2) is 4.98 Å². The molecule has 0 spiro atoms. The Labute approximate surface area is 171 Å². The largest absolute Gasteiger partial charge is 0.373 e. The summed E-state index contributed by atoms with van der Waals surface area (Å²) in [4.78, 5) is 25.5. The predicted molar refractivity (Wildman–Crippen MR) is 109 cm³/mol. The summed E-state index contributed by atoms with van der Waals surface area (Å²) in [7, 11) is 0. The summed E-state index contributed by atoms with van der Waals surface area (Å²) in [6.45, 7) is 2.63. The van der Waals surface area contributed by atoms with Crippen molar-refractivity contribution >= 4 is 17.0 Å². The zero-order chi connectivity index (χ0) is 20.7. The van der Waals surface area contributed by atoms with E-state index < -0.39 is 0 Å². The number of anilines is 1. The Morgan fingerprint density at radius 1 is 1.23 bits per heavy atom. The van der Waals surface area contributed by atoms with Crippen LogP contribution in [0.25, 0.3) is 11.0 Å². The van der Waals surface area contributed by atoms with E-state index in [1.165, 1.54) is 10.1 Å². The van der Waals surface area contributed by atoms with E-state index in [1.54, 1.807) is 18.3 Å². The lowest BCUT2D eigenvalue weighted by molar-refractivity contribution is 0.110. The molecule has 4 heterocycles. The van der Waals surface area contributed by atoms with E-state index in [4.69, 9.17) is 15.0 Å². The first-order valence-corrected chi connectivity index (χ1v) is 9.70. The molecule has 30 heavy (non-hydrogen) atoms. The van der Waals surface area contributed by atoms with E-state index in [-0.39, 0.29) is 30.1 Å². The van der Waals surface area contributed by atoms with Gasteiger partial charge in [-0.05, 0) is 31.0 Å². The van der Waals surface area contributed by atoms with Crippen molar-refractivity contribution in [1.29, 1.82) is 0 Å². The monoisotopic (exact) mass is 404 g/mol. The van der Waals surface area contributed by atoms with E-state index in [9.17, 15) is 4.79 Å². The van der Waals surface area contributed by atoms with Gasteiger partial charge in [-0.15, -0.1) is 0 Å². The average Bonchev–Trinajstić information content (AvgIpc) is 3.41. The van der Waals surface area contributed by atoms with Gasteiger partial charge in [-0.1, -0.05) is 35.0 Å². The molecule has 4 aromatic rings. The molecule has 3 aromatic heterocycles. The summed E-state index contributed by atoms with van der Waals surface area (Å²) in [5.74, 6) is 0.945. The van der Waals surface area contributed by atoms with Gasteiger partial charge in [0.25, 0.3) is 5.56 Å². The molecule has 0 aliphatic carbocycles. The standard InChI is InChI=1S/C21H20N6O3/c1-12-4-2-5-13(8-12)16-9-14(11-29-16)18-24-17(30-26-18)10-27-20(28)15-6-3-7-23-19(15)25-21(27)22/h2-8,14,16H,9-11H2,1H3,(H2,22,23,25)/t14-,16+/m0/s1. The van der Waals surface area contributed by atoms with Crippen molar-refractivity contribution in [2.24, 2.45) is 0 Å². The molecule has 0 unspecified atom stereocenters. The van der Waals surface area contributed by atoms with Crippen molar-refractivity contribution in [2.45, 2.75) is 31.9 Å². The minimum Gasteiger partial charge on any atom is -0.373 e. The van der Waals surface area contributed by atoms with Crippen LogP contribution in [0.4, 0.5) is 5.95 Å². The molecule has 1 saturated heterocycles. The Morgan fingerprint density at radius 3 is 3.00 bits per heavy atom. The number of aryl methyl sites for hydroxylation is 1. The van der Waals surface area contributed by atoms with Crippen LogP contribution >= 0.6 is 0 Å². The van der Waals surface area contributed by atoms with Crippen LogP contribution < -0.4 is 11.3 Å². The number of nitrogens with zero attached hydrogens (tertiary/aromatic N) is 5. The van der Waals surface area contributed by atoms with Crippen molar-refractivity contribution in [3.8, 4) is 0 Å². The Morgan fingerprint density at radius 2 is 2.13 bits per heavy atom. The molecule has 0 bridgehead atoms. The number of hydrogen-bond donors (Lipinski definition) is 1. The summed E-state index contributed by atoms with van der Waals surface area (Å²) >= 11 is 0. The molecular weight excluding hydrogens is 384 g/mol. The molecule has 152 valence electrons. The van der Waals surface area contributed by atoms with Crippen LogP contribution in [0.3, 0.4) is 0 Å². The van der Waals surface area contributed by atoms with Gasteiger partial charge >= 0.3 is 0 Å². The topological polar surface area (TPSA) is 122 Å². The second kappa shape index (κ2) is 7.34. The highest BCUT2D eigenvalue weighted by Gasteiger charge is 2.31. The van der Waals surface area contributed by atoms with Gasteiger partial charge in [0.1, 0.15) is 6.54 Å². The van der Waals surface area contributed by atoms with Gasteiger partial charge in [0.05, 0.1) is 18.1 Å². The average molecular weight is 404 g/mol. The number of nitrogens with two attached hydrogens (primary N) is 1. The maximum Gasteiger partial charge on any atom is 0.264 e. The third-order valence-corrected chi connectivity index (χ3v) is 5.31. The van der Waals surface area contributed by atoms with Crippen LogP contribution in [0.2, 0.25) is 0 Å². The molecule has 1 aliphatic rings. The fourth-order valence-corrected chi connectivity index (χ4v) is 3.77. The molecule has 5 rings (SSSR count). The highest BCUT2D eigenvalue weighted by atomic mass is 16.5. The Bertz CT molecular complexity index is 1280. The molecule has 0 amide bonds. The van der Waals surface area contributed by atoms with E-state index in [0.717, 1.165) is 12.0 Å². The highest BCUT2D eigenvalue weighted by molar-refractivity contribution is 5.74. The van der Waals surface area contributed by atoms with Crippen molar-refractivity contribution < 1.29 is 9.26 Å². The number of pyridine rings is 1. The number of ether oxygens (including phenoxy) is 1. The molecule has 2 N–H and O–H groups in total. The van der Waals surface area contributed by atoms with E-state index in [0.29, 0.717) is 29.4 Å². The molecule has 1 fully saturated rings. The quantitative estimate of drug-likeness (QED) is 0.550. The summed E-state index contributed by atoms with van der Waals surface area (Å²) < 4.78 is 12.7. The molecule has 0 radical (unpaired) electrons. The second-order valence-electron chi connectivity index (χ2n) is 7.45. The van der Waals surface area contributed by atoms with Crippen molar-refractivity contribution in [3.05, 3.63) is 75.8 Å². The van der Waals surface area contributed by atoms with Gasteiger partial charge < -0.3 is 15.0 Å². The molecule has 0 saturated carbocycles. The fraction of sp³-hybridized carbons (Fsp3) is 0.286. The number of fused-ring (bicyclic) bond motifs is 1. The van der Waals surface area contributed by atoms with Gasteiger partial charge in [0.2, 0.25) is 11.8 Å². The van der Waals surface area contributed by atoms with Crippen LogP contribution in [-0.2, 0) is 11.3 Å². The Hall–Kier alpha value is -3.59. The van der Waals surface area contributed by atoms with Gasteiger partial charge in [0.15, 0.2) is 11.5 Å². The third-order valence-electron chi connectivity index (χ3n) is 5.31. The van der Waals surface area contributed by atoms with Crippen molar-refractivity contribution in [3.63, 3.8) is 0 Å². The van der Waals surface area contributed by atoms with E-state index in [2.05, 4.69) is 45.2 Å². The summed E-state index contributed by atoms with van der Waals surface area (Å²) in [5.41, 5.74) is 8.32. The summed E-state index contributed by atoms with van der Waals surface area (Å²) in [6.07, 6.45) is 2.34. The van der Waals surface area contributed by atoms with E-state index in [1.807, 2.05) is 6.07 Å². The first-order chi connectivity index (χ1) is 14.6. The number of benzene rings is 1. The second-order valence-corrected chi connectivity index (χ2v) is 7.45. The number of nitrogen functional groups attached to an aromatic ring is 1. The van der Waals surface area contributed by atoms with Crippen LogP contribution in [0, 0.1) is 6.92 Å². The number of hydrogen-bond acceptors (Lipinski definition) is 8. The molecule has 1 aliphatic heterocycles. The number of rotatable bonds is 4. The lowest BCUT2D eigenvalue weighted by atomic mass is 9.99. The summed E-state index contributed by atoms with van der Waals surface area (Å²) in [5, 5.41) is 4.49. The van der Waals surface area contributed by atoms with Gasteiger partial charge in [-0.3, -0.25) is 9.36 Å². The zero-order valence-corrected chi connectivity index (χ0v) is 16.4. The van der Waals surface area contributed by atoms with E-state index >= 15 is 0 Å².